The third-order valence-electron chi connectivity index (χ3n) is 6.96. The van der Waals surface area contributed by atoms with Crippen LogP contribution < -0.4 is 5.56 Å². The molecule has 0 aromatic carbocycles. The molecule has 5 aliphatic rings. The Balaban J connectivity index is 1.58. The van der Waals surface area contributed by atoms with Crippen LogP contribution in [0.15, 0.2) is 50.0 Å². The summed E-state index contributed by atoms with van der Waals surface area (Å²) in [7, 11) is 0. The molecule has 0 saturated heterocycles. The van der Waals surface area contributed by atoms with E-state index in [0.29, 0.717) is 29.1 Å². The van der Waals surface area contributed by atoms with Crippen LogP contribution in [-0.4, -0.2) is 27.4 Å². The third-order valence-corrected chi connectivity index (χ3v) is 6.96. The van der Waals surface area contributed by atoms with Crippen molar-refractivity contribution < 1.29 is 19.0 Å². The van der Waals surface area contributed by atoms with Crippen LogP contribution in [0.5, 0.6) is 0 Å². The Bertz CT molecular complexity index is 1200. The Morgan fingerprint density at radius 2 is 2.07 bits per heavy atom. The number of aromatic nitrogens is 1. The van der Waals surface area contributed by atoms with Crippen molar-refractivity contribution in [2.45, 2.75) is 51.5 Å². The SMILES string of the molecule is CC1=C2CCCC3=C4Cn5c(cc6c(c5=O)COC(=O)C6O)C4=NC(C=C1F)C23. The molecule has 2 aliphatic carbocycles. The number of ether oxygens (including phenoxy) is 1. The van der Waals surface area contributed by atoms with Gasteiger partial charge in [-0.1, -0.05) is 11.1 Å². The number of esters is 1. The quantitative estimate of drug-likeness (QED) is 0.686. The summed E-state index contributed by atoms with van der Waals surface area (Å²) >= 11 is 0. The summed E-state index contributed by atoms with van der Waals surface area (Å²) in [6, 6.07) is 1.37. The number of halogens is 1. The van der Waals surface area contributed by atoms with E-state index < -0.39 is 12.1 Å². The molecule has 1 aromatic heterocycles. The summed E-state index contributed by atoms with van der Waals surface area (Å²) in [5, 5.41) is 10.2. The lowest BCUT2D eigenvalue weighted by molar-refractivity contribution is -0.157. The van der Waals surface area contributed by atoms with E-state index in [4.69, 9.17) is 9.73 Å². The molecular formula is C22H19FN2O4. The van der Waals surface area contributed by atoms with E-state index in [0.717, 1.165) is 36.0 Å². The largest absolute Gasteiger partial charge is 0.458 e. The minimum atomic E-state index is -1.47. The summed E-state index contributed by atoms with van der Waals surface area (Å²) in [6.45, 7) is 2.12. The molecule has 0 bridgehead atoms. The highest BCUT2D eigenvalue weighted by atomic mass is 19.1. The molecule has 1 saturated carbocycles. The van der Waals surface area contributed by atoms with Gasteiger partial charge < -0.3 is 14.4 Å². The van der Waals surface area contributed by atoms with E-state index in [2.05, 4.69) is 0 Å². The molecular weight excluding hydrogens is 375 g/mol. The Morgan fingerprint density at radius 3 is 2.90 bits per heavy atom. The van der Waals surface area contributed by atoms with Gasteiger partial charge in [0.2, 0.25) is 0 Å². The lowest BCUT2D eigenvalue weighted by Gasteiger charge is -2.39. The minimum Gasteiger partial charge on any atom is -0.458 e. The van der Waals surface area contributed by atoms with E-state index in [-0.39, 0.29) is 30.0 Å². The van der Waals surface area contributed by atoms with Gasteiger partial charge in [0.05, 0.1) is 29.6 Å². The summed E-state index contributed by atoms with van der Waals surface area (Å²) in [6.07, 6.45) is 2.86. The number of carbonyl (C=O) groups excluding carboxylic acids is 1. The molecule has 3 aliphatic heterocycles. The van der Waals surface area contributed by atoms with Crippen LogP contribution in [0.2, 0.25) is 0 Å². The summed E-state index contributed by atoms with van der Waals surface area (Å²) in [4.78, 5) is 29.7. The molecule has 7 heteroatoms. The van der Waals surface area contributed by atoms with Gasteiger partial charge in [0.1, 0.15) is 12.4 Å². The normalized spacial score (nSPS) is 29.5. The number of aliphatic imine (C=N–C) groups is 1. The highest BCUT2D eigenvalue weighted by Gasteiger charge is 2.43. The van der Waals surface area contributed by atoms with Crippen molar-refractivity contribution in [1.29, 1.82) is 0 Å². The van der Waals surface area contributed by atoms with E-state index in [1.165, 1.54) is 5.57 Å². The van der Waals surface area contributed by atoms with Gasteiger partial charge in [-0.15, -0.1) is 0 Å². The zero-order valence-corrected chi connectivity index (χ0v) is 15.9. The van der Waals surface area contributed by atoms with Gasteiger partial charge in [0.15, 0.2) is 6.10 Å². The number of nitrogens with zero attached hydrogens (tertiary/aromatic N) is 2. The van der Waals surface area contributed by atoms with Crippen LogP contribution in [0.4, 0.5) is 4.39 Å². The van der Waals surface area contributed by atoms with Gasteiger partial charge in [0.25, 0.3) is 5.56 Å². The second-order valence-electron chi connectivity index (χ2n) is 8.33. The standard InChI is InChI=1S/C22H19FN2O4/c1-9-10-3-2-4-11-13-7-25-17(19(13)24-16(18(10)11)6-15(9)23)5-12-14(21(25)27)8-29-22(28)20(12)26/h5-6,16,18,20,26H,2-4,7-8H2,1H3. The number of pyridine rings is 1. The van der Waals surface area contributed by atoms with Gasteiger partial charge in [-0.05, 0) is 49.5 Å². The Kier molecular flexibility index (Phi) is 3.32. The van der Waals surface area contributed by atoms with Gasteiger partial charge in [0, 0.05) is 11.5 Å². The first kappa shape index (κ1) is 17.1. The lowest BCUT2D eigenvalue weighted by atomic mass is 9.68. The van der Waals surface area contributed by atoms with E-state index in [1.54, 1.807) is 16.7 Å². The maximum atomic E-state index is 14.5. The average Bonchev–Trinajstić information content (AvgIpc) is 3.08. The Hall–Kier alpha value is -2.80. The van der Waals surface area contributed by atoms with Crippen LogP contribution in [0.3, 0.4) is 0 Å². The Morgan fingerprint density at radius 1 is 1.28 bits per heavy atom. The van der Waals surface area contributed by atoms with Gasteiger partial charge in [-0.3, -0.25) is 9.79 Å². The molecule has 1 aromatic rings. The zero-order valence-electron chi connectivity index (χ0n) is 15.9. The second kappa shape index (κ2) is 5.63. The maximum Gasteiger partial charge on any atom is 0.340 e. The van der Waals surface area contributed by atoms with E-state index >= 15 is 0 Å². The summed E-state index contributed by atoms with van der Waals surface area (Å²) in [5.74, 6) is -0.884. The molecule has 6 nitrogen and oxygen atoms in total. The fraction of sp³-hybridized carbons (Fsp3) is 0.409. The van der Waals surface area contributed by atoms with Gasteiger partial charge in [-0.2, -0.15) is 0 Å². The van der Waals surface area contributed by atoms with Crippen molar-refractivity contribution in [1.82, 2.24) is 4.57 Å². The topological polar surface area (TPSA) is 80.9 Å². The van der Waals surface area contributed by atoms with Crippen LogP contribution in [0.25, 0.3) is 0 Å². The van der Waals surface area contributed by atoms with E-state index in [9.17, 15) is 19.1 Å². The number of aliphatic hydroxyl groups is 1. The first-order chi connectivity index (χ1) is 14.0. The molecule has 29 heavy (non-hydrogen) atoms. The summed E-state index contributed by atoms with van der Waals surface area (Å²) < 4.78 is 21.1. The monoisotopic (exact) mass is 394 g/mol. The third kappa shape index (κ3) is 2.11. The molecule has 1 N–H and O–H groups in total. The molecule has 3 unspecified atom stereocenters. The highest BCUT2D eigenvalue weighted by Crippen LogP contribution is 2.49. The van der Waals surface area contributed by atoms with Crippen molar-refractivity contribution in [3.63, 3.8) is 0 Å². The van der Waals surface area contributed by atoms with Gasteiger partial charge >= 0.3 is 5.97 Å². The molecule has 1 fully saturated rings. The van der Waals surface area contributed by atoms with Crippen molar-refractivity contribution in [3.8, 4) is 0 Å². The molecule has 6 rings (SSSR count). The van der Waals surface area contributed by atoms with Crippen molar-refractivity contribution in [2.24, 2.45) is 10.9 Å². The Labute approximate surface area is 165 Å². The number of rotatable bonds is 0. The molecule has 0 spiro atoms. The first-order valence-electron chi connectivity index (χ1n) is 9.95. The number of allylic oxidation sites excluding steroid dienone is 3. The maximum absolute atomic E-state index is 14.5. The van der Waals surface area contributed by atoms with Crippen LogP contribution in [0, 0.1) is 5.92 Å². The fourth-order valence-electron chi connectivity index (χ4n) is 5.53. The molecule has 0 amide bonds. The van der Waals surface area contributed by atoms with Crippen molar-refractivity contribution in [3.05, 3.63) is 67.4 Å². The number of hydrogen-bond acceptors (Lipinski definition) is 5. The van der Waals surface area contributed by atoms with Crippen molar-refractivity contribution in [2.75, 3.05) is 0 Å². The minimum absolute atomic E-state index is 0.0807. The van der Waals surface area contributed by atoms with Crippen LogP contribution in [0.1, 0.15) is 49.1 Å². The second-order valence-corrected chi connectivity index (χ2v) is 8.33. The predicted octanol–water partition coefficient (Wildman–Crippen LogP) is 2.40. The lowest BCUT2D eigenvalue weighted by Crippen LogP contribution is -2.34. The average molecular weight is 394 g/mol. The number of fused-ring (bicyclic) bond motifs is 4. The molecule has 148 valence electrons. The number of dihydropyridines is 1. The zero-order chi connectivity index (χ0) is 20.0. The molecule has 0 radical (unpaired) electrons. The van der Waals surface area contributed by atoms with E-state index in [1.807, 2.05) is 6.92 Å². The summed E-state index contributed by atoms with van der Waals surface area (Å²) in [5.41, 5.74) is 5.77. The fourth-order valence-corrected chi connectivity index (χ4v) is 5.53. The number of carbonyl (C=O) groups is 1. The molecule has 3 atom stereocenters. The van der Waals surface area contributed by atoms with Crippen LogP contribution in [-0.2, 0) is 22.7 Å². The predicted molar refractivity (Wildman–Crippen MR) is 102 cm³/mol. The number of hydrogen-bond donors (Lipinski definition) is 1. The first-order valence-corrected chi connectivity index (χ1v) is 9.95. The number of cyclic esters (lactones) is 1. The highest BCUT2D eigenvalue weighted by molar-refractivity contribution is 6.15. The van der Waals surface area contributed by atoms with Crippen molar-refractivity contribution >= 4 is 11.7 Å². The smallest absolute Gasteiger partial charge is 0.340 e. The number of aliphatic hydroxyl groups excluding tert-OH is 1. The molecule has 4 heterocycles. The van der Waals surface area contributed by atoms with Gasteiger partial charge in [-0.25, -0.2) is 9.18 Å². The van der Waals surface area contributed by atoms with Crippen LogP contribution >= 0.6 is 0 Å².